The van der Waals surface area contributed by atoms with Crippen LogP contribution in [0.1, 0.15) is 0 Å². The fourth-order valence-corrected chi connectivity index (χ4v) is 5.75. The number of sulfonamides is 1. The number of benzene rings is 3. The average Bonchev–Trinajstić information content (AvgIpc) is 2.78. The maximum atomic E-state index is 13.7. The molecule has 30 heavy (non-hydrogen) atoms. The first kappa shape index (κ1) is 20.8. The van der Waals surface area contributed by atoms with E-state index in [1.165, 1.54) is 10.4 Å². The van der Waals surface area contributed by atoms with Crippen LogP contribution < -0.4 is 0 Å². The van der Waals surface area contributed by atoms with Gasteiger partial charge in [0.05, 0.1) is 10.6 Å². The predicted molar refractivity (Wildman–Crippen MR) is 116 cm³/mol. The molecule has 4 rings (SSSR count). The first-order chi connectivity index (χ1) is 14.4. The van der Waals surface area contributed by atoms with Crippen LogP contribution in [0.3, 0.4) is 0 Å². The molecule has 0 saturated carbocycles. The highest BCUT2D eigenvalue weighted by Crippen LogP contribution is 2.24. The van der Waals surface area contributed by atoms with Gasteiger partial charge in [0.1, 0.15) is 5.82 Å². The molecule has 1 aliphatic heterocycles. The Labute approximate surface area is 179 Å². The van der Waals surface area contributed by atoms with Crippen LogP contribution in [-0.2, 0) is 14.8 Å². The highest BCUT2D eigenvalue weighted by Gasteiger charge is 2.30. The quantitative estimate of drug-likeness (QED) is 0.564. The summed E-state index contributed by atoms with van der Waals surface area (Å²) in [5.74, 6) is -0.342. The Hall–Kier alpha value is -2.42. The summed E-state index contributed by atoms with van der Waals surface area (Å²) in [5, 5.41) is 1.86. The van der Waals surface area contributed by atoms with Crippen LogP contribution in [0.4, 0.5) is 4.39 Å². The molecule has 8 heteroatoms. The van der Waals surface area contributed by atoms with Crippen molar-refractivity contribution in [2.75, 3.05) is 31.9 Å². The van der Waals surface area contributed by atoms with E-state index in [0.29, 0.717) is 18.0 Å². The second-order valence-corrected chi connectivity index (χ2v) is 9.97. The molecular weight excluding hydrogens is 423 g/mol. The van der Waals surface area contributed by atoms with Crippen molar-refractivity contribution in [3.8, 4) is 0 Å². The van der Waals surface area contributed by atoms with Crippen LogP contribution in [0.5, 0.6) is 0 Å². The fraction of sp³-hybridized carbons (Fsp3) is 0.227. The van der Waals surface area contributed by atoms with E-state index in [0.717, 1.165) is 22.5 Å². The van der Waals surface area contributed by atoms with E-state index in [1.54, 1.807) is 35.2 Å². The lowest BCUT2D eigenvalue weighted by atomic mass is 10.1. The maximum absolute atomic E-state index is 13.7. The molecule has 3 aromatic rings. The van der Waals surface area contributed by atoms with E-state index >= 15 is 0 Å². The minimum atomic E-state index is -3.62. The van der Waals surface area contributed by atoms with Crippen molar-refractivity contribution in [3.05, 3.63) is 72.5 Å². The number of carbonyl (C=O) groups excluding carboxylic acids is 1. The van der Waals surface area contributed by atoms with E-state index < -0.39 is 10.0 Å². The molecule has 3 aromatic carbocycles. The number of hydrogen-bond acceptors (Lipinski definition) is 4. The number of piperazine rings is 1. The van der Waals surface area contributed by atoms with Crippen LogP contribution in [0.2, 0.25) is 0 Å². The molecule has 0 N–H and O–H groups in total. The Balaban J connectivity index is 1.38. The molecule has 0 radical (unpaired) electrons. The van der Waals surface area contributed by atoms with Crippen molar-refractivity contribution in [1.29, 1.82) is 0 Å². The lowest BCUT2D eigenvalue weighted by Crippen LogP contribution is -2.50. The lowest BCUT2D eigenvalue weighted by Gasteiger charge is -2.34. The zero-order valence-corrected chi connectivity index (χ0v) is 17.8. The van der Waals surface area contributed by atoms with Gasteiger partial charge in [0, 0.05) is 31.1 Å². The van der Waals surface area contributed by atoms with Gasteiger partial charge in [-0.25, -0.2) is 12.8 Å². The standard InChI is InChI=1S/C22H21FN2O3S2/c23-20-7-3-4-8-21(20)29-16-22(26)24-11-13-25(14-12-24)30(27,28)19-10-9-17-5-1-2-6-18(17)15-19/h1-10,15H,11-14,16H2. The second-order valence-electron chi connectivity index (χ2n) is 7.01. The van der Waals surface area contributed by atoms with Crippen LogP contribution >= 0.6 is 11.8 Å². The van der Waals surface area contributed by atoms with Crippen molar-refractivity contribution in [2.24, 2.45) is 0 Å². The van der Waals surface area contributed by atoms with Crippen molar-refractivity contribution in [3.63, 3.8) is 0 Å². The predicted octanol–water partition coefficient (Wildman–Crippen LogP) is 3.60. The number of halogens is 1. The normalized spacial score (nSPS) is 15.4. The van der Waals surface area contributed by atoms with Crippen LogP contribution in [0.15, 0.2) is 76.5 Å². The van der Waals surface area contributed by atoms with Gasteiger partial charge >= 0.3 is 0 Å². The van der Waals surface area contributed by atoms with Crippen molar-refractivity contribution in [1.82, 2.24) is 9.21 Å². The number of fused-ring (bicyclic) bond motifs is 1. The first-order valence-electron chi connectivity index (χ1n) is 9.59. The topological polar surface area (TPSA) is 57.7 Å². The fourth-order valence-electron chi connectivity index (χ4n) is 3.45. The molecule has 1 heterocycles. The first-order valence-corrected chi connectivity index (χ1v) is 12.0. The summed E-state index contributed by atoms with van der Waals surface area (Å²) in [5.41, 5.74) is 0. The van der Waals surface area contributed by atoms with Gasteiger partial charge in [0.25, 0.3) is 0 Å². The maximum Gasteiger partial charge on any atom is 0.243 e. The number of nitrogens with zero attached hydrogens (tertiary/aromatic N) is 2. The third-order valence-electron chi connectivity index (χ3n) is 5.14. The SMILES string of the molecule is O=C(CSc1ccccc1F)N1CCN(S(=O)(=O)c2ccc3ccccc3c2)CC1. The molecule has 1 amide bonds. The molecule has 0 aromatic heterocycles. The Bertz CT molecular complexity index is 1180. The van der Waals surface area contributed by atoms with E-state index in [4.69, 9.17) is 0 Å². The summed E-state index contributed by atoms with van der Waals surface area (Å²) in [6.07, 6.45) is 0. The smallest absolute Gasteiger partial charge is 0.243 e. The van der Waals surface area contributed by atoms with Gasteiger partial charge in [-0.1, -0.05) is 42.5 Å². The lowest BCUT2D eigenvalue weighted by molar-refractivity contribution is -0.129. The number of amides is 1. The van der Waals surface area contributed by atoms with Crippen LogP contribution in [0.25, 0.3) is 10.8 Å². The zero-order valence-electron chi connectivity index (χ0n) is 16.2. The Morgan fingerprint density at radius 1 is 0.900 bits per heavy atom. The van der Waals surface area contributed by atoms with Crippen molar-refractivity contribution >= 4 is 38.5 Å². The minimum Gasteiger partial charge on any atom is -0.339 e. The third-order valence-corrected chi connectivity index (χ3v) is 8.07. The van der Waals surface area contributed by atoms with Gasteiger partial charge in [-0.05, 0) is 35.0 Å². The molecule has 1 aliphatic rings. The molecule has 0 aliphatic carbocycles. The van der Waals surface area contributed by atoms with Gasteiger partial charge in [-0.3, -0.25) is 4.79 Å². The molecule has 0 bridgehead atoms. The van der Waals surface area contributed by atoms with E-state index in [-0.39, 0.29) is 35.5 Å². The van der Waals surface area contributed by atoms with E-state index in [2.05, 4.69) is 0 Å². The van der Waals surface area contributed by atoms with Crippen molar-refractivity contribution in [2.45, 2.75) is 9.79 Å². The number of carbonyl (C=O) groups is 1. The monoisotopic (exact) mass is 444 g/mol. The highest BCUT2D eigenvalue weighted by atomic mass is 32.2. The largest absolute Gasteiger partial charge is 0.339 e. The van der Waals surface area contributed by atoms with Crippen molar-refractivity contribution < 1.29 is 17.6 Å². The Kier molecular flexibility index (Phi) is 6.08. The third kappa shape index (κ3) is 4.35. The molecular formula is C22H21FN2O3S2. The summed E-state index contributed by atoms with van der Waals surface area (Å²) in [6.45, 7) is 1.13. The highest BCUT2D eigenvalue weighted by molar-refractivity contribution is 8.00. The van der Waals surface area contributed by atoms with Gasteiger partial charge in [0.15, 0.2) is 0 Å². The Morgan fingerprint density at radius 3 is 2.30 bits per heavy atom. The molecule has 0 spiro atoms. The summed E-state index contributed by atoms with van der Waals surface area (Å²) >= 11 is 1.16. The minimum absolute atomic E-state index is 0.119. The summed E-state index contributed by atoms with van der Waals surface area (Å²) in [7, 11) is -3.62. The van der Waals surface area contributed by atoms with E-state index in [9.17, 15) is 17.6 Å². The summed E-state index contributed by atoms with van der Waals surface area (Å²) < 4.78 is 41.2. The average molecular weight is 445 g/mol. The van der Waals surface area contributed by atoms with Crippen LogP contribution in [0, 0.1) is 5.82 Å². The number of rotatable bonds is 5. The van der Waals surface area contributed by atoms with E-state index in [1.807, 2.05) is 30.3 Å². The zero-order chi connectivity index (χ0) is 21.1. The van der Waals surface area contributed by atoms with Gasteiger partial charge < -0.3 is 4.90 Å². The summed E-state index contributed by atoms with van der Waals surface area (Å²) in [6, 6.07) is 19.1. The van der Waals surface area contributed by atoms with Gasteiger partial charge in [-0.15, -0.1) is 11.8 Å². The van der Waals surface area contributed by atoms with Crippen LogP contribution in [-0.4, -0.2) is 55.5 Å². The molecule has 0 atom stereocenters. The Morgan fingerprint density at radius 2 is 1.57 bits per heavy atom. The molecule has 156 valence electrons. The molecule has 1 fully saturated rings. The number of hydrogen-bond donors (Lipinski definition) is 0. The molecule has 1 saturated heterocycles. The summed E-state index contributed by atoms with van der Waals surface area (Å²) in [4.78, 5) is 14.8. The molecule has 0 unspecified atom stereocenters. The second kappa shape index (κ2) is 8.75. The van der Waals surface area contributed by atoms with Gasteiger partial charge in [0.2, 0.25) is 15.9 Å². The number of thioether (sulfide) groups is 1. The molecule has 5 nitrogen and oxygen atoms in total. The van der Waals surface area contributed by atoms with Gasteiger partial charge in [-0.2, -0.15) is 4.31 Å².